The van der Waals surface area contributed by atoms with Crippen molar-refractivity contribution in [3.63, 3.8) is 0 Å². The van der Waals surface area contributed by atoms with Gasteiger partial charge in [0.2, 0.25) is 0 Å². The Bertz CT molecular complexity index is 757. The first-order chi connectivity index (χ1) is 12.2. The molecule has 140 valence electrons. The molecule has 0 aliphatic carbocycles. The van der Waals surface area contributed by atoms with E-state index in [4.69, 9.17) is 0 Å². The maximum atomic E-state index is 11.4. The minimum Gasteiger partial charge on any atom is -0.507 e. The third-order valence-electron chi connectivity index (χ3n) is 4.54. The summed E-state index contributed by atoms with van der Waals surface area (Å²) < 4.78 is 4.67. The van der Waals surface area contributed by atoms with E-state index in [-0.39, 0.29) is 29.9 Å². The van der Waals surface area contributed by atoms with Gasteiger partial charge in [-0.05, 0) is 38.8 Å². The SMILES string of the molecule is COC(=O)CNCC(c1cc(C)cc(C)c1O)c1cc(C)cc(C)c1O. The summed E-state index contributed by atoms with van der Waals surface area (Å²) in [6.07, 6.45) is 0. The summed E-state index contributed by atoms with van der Waals surface area (Å²) in [5.74, 6) is -0.257. The second-order valence-electron chi connectivity index (χ2n) is 6.80. The van der Waals surface area contributed by atoms with E-state index in [0.29, 0.717) is 6.54 Å². The molecule has 0 amide bonds. The van der Waals surface area contributed by atoms with Crippen LogP contribution in [0.15, 0.2) is 24.3 Å². The van der Waals surface area contributed by atoms with Gasteiger partial charge in [-0.25, -0.2) is 0 Å². The highest BCUT2D eigenvalue weighted by Gasteiger charge is 2.23. The zero-order valence-electron chi connectivity index (χ0n) is 16.0. The summed E-state index contributed by atoms with van der Waals surface area (Å²) in [5, 5.41) is 24.3. The zero-order chi connectivity index (χ0) is 19.4. The molecule has 0 aromatic heterocycles. The number of methoxy groups -OCH3 is 1. The number of ether oxygens (including phenoxy) is 1. The average Bonchev–Trinajstić information content (AvgIpc) is 2.58. The maximum Gasteiger partial charge on any atom is 0.319 e. The zero-order valence-corrected chi connectivity index (χ0v) is 16.0. The molecule has 0 spiro atoms. The summed E-state index contributed by atoms with van der Waals surface area (Å²) in [5.41, 5.74) is 5.05. The highest BCUT2D eigenvalue weighted by atomic mass is 16.5. The summed E-state index contributed by atoms with van der Waals surface area (Å²) in [6.45, 7) is 8.08. The van der Waals surface area contributed by atoms with Crippen LogP contribution in [0.25, 0.3) is 0 Å². The van der Waals surface area contributed by atoms with Crippen LogP contribution in [0, 0.1) is 27.7 Å². The number of nitrogens with one attached hydrogen (secondary N) is 1. The molecule has 5 heteroatoms. The van der Waals surface area contributed by atoms with Gasteiger partial charge in [0.25, 0.3) is 0 Å². The van der Waals surface area contributed by atoms with Crippen molar-refractivity contribution >= 4 is 5.97 Å². The number of esters is 1. The molecule has 5 nitrogen and oxygen atoms in total. The van der Waals surface area contributed by atoms with Crippen LogP contribution in [0.5, 0.6) is 11.5 Å². The number of benzene rings is 2. The molecule has 0 saturated heterocycles. The van der Waals surface area contributed by atoms with Crippen molar-refractivity contribution in [1.29, 1.82) is 0 Å². The third kappa shape index (κ3) is 4.35. The lowest BCUT2D eigenvalue weighted by Crippen LogP contribution is -2.29. The fraction of sp³-hybridized carbons (Fsp3) is 0.381. The lowest BCUT2D eigenvalue weighted by Gasteiger charge is -2.23. The third-order valence-corrected chi connectivity index (χ3v) is 4.54. The van der Waals surface area contributed by atoms with Crippen LogP contribution >= 0.6 is 0 Å². The quantitative estimate of drug-likeness (QED) is 0.692. The van der Waals surface area contributed by atoms with E-state index in [2.05, 4.69) is 10.1 Å². The summed E-state index contributed by atoms with van der Waals surface area (Å²) in [7, 11) is 1.34. The molecule has 2 aromatic rings. The van der Waals surface area contributed by atoms with Crippen LogP contribution in [-0.4, -0.2) is 36.4 Å². The van der Waals surface area contributed by atoms with E-state index < -0.39 is 0 Å². The highest BCUT2D eigenvalue weighted by Crippen LogP contribution is 2.39. The van der Waals surface area contributed by atoms with Crippen molar-refractivity contribution in [1.82, 2.24) is 5.32 Å². The van der Waals surface area contributed by atoms with Gasteiger partial charge in [-0.3, -0.25) is 4.79 Å². The fourth-order valence-corrected chi connectivity index (χ4v) is 3.30. The summed E-state index contributed by atoms with van der Waals surface area (Å²) in [4.78, 5) is 11.4. The molecular formula is C21H27NO4. The average molecular weight is 357 g/mol. The van der Waals surface area contributed by atoms with Gasteiger partial charge in [0.15, 0.2) is 0 Å². The van der Waals surface area contributed by atoms with Gasteiger partial charge < -0.3 is 20.3 Å². The molecule has 0 aliphatic heterocycles. The van der Waals surface area contributed by atoms with E-state index in [1.807, 2.05) is 52.0 Å². The summed E-state index contributed by atoms with van der Waals surface area (Å²) in [6, 6.07) is 7.67. The molecule has 0 fully saturated rings. The predicted octanol–water partition coefficient (Wildman–Crippen LogP) is 3.23. The van der Waals surface area contributed by atoms with Gasteiger partial charge in [0.05, 0.1) is 13.7 Å². The van der Waals surface area contributed by atoms with Gasteiger partial charge in [-0.2, -0.15) is 0 Å². The molecule has 2 aromatic carbocycles. The lowest BCUT2D eigenvalue weighted by molar-refractivity contribution is -0.139. The van der Waals surface area contributed by atoms with Crippen LogP contribution in [-0.2, 0) is 9.53 Å². The molecule has 0 heterocycles. The van der Waals surface area contributed by atoms with Crippen LogP contribution in [0.2, 0.25) is 0 Å². The molecular weight excluding hydrogens is 330 g/mol. The Labute approximate surface area is 154 Å². The van der Waals surface area contributed by atoms with E-state index in [1.54, 1.807) is 0 Å². The monoisotopic (exact) mass is 357 g/mol. The number of phenols is 2. The molecule has 2 rings (SSSR count). The Balaban J connectivity index is 2.52. The van der Waals surface area contributed by atoms with E-state index >= 15 is 0 Å². The van der Waals surface area contributed by atoms with E-state index in [9.17, 15) is 15.0 Å². The van der Waals surface area contributed by atoms with Crippen molar-refractivity contribution in [3.8, 4) is 11.5 Å². The van der Waals surface area contributed by atoms with E-state index in [0.717, 1.165) is 33.4 Å². The predicted molar refractivity (Wildman–Crippen MR) is 102 cm³/mol. The largest absolute Gasteiger partial charge is 0.507 e. The minimum atomic E-state index is -0.363. The van der Waals surface area contributed by atoms with Crippen LogP contribution < -0.4 is 5.32 Å². The number of aromatic hydroxyl groups is 2. The first kappa shape index (κ1) is 19.8. The fourth-order valence-electron chi connectivity index (χ4n) is 3.30. The molecule has 0 radical (unpaired) electrons. The van der Waals surface area contributed by atoms with Crippen LogP contribution in [0.4, 0.5) is 0 Å². The Kier molecular flexibility index (Phi) is 6.27. The Hall–Kier alpha value is -2.53. The second kappa shape index (κ2) is 8.23. The van der Waals surface area contributed by atoms with Crippen molar-refractivity contribution in [2.45, 2.75) is 33.6 Å². The van der Waals surface area contributed by atoms with Crippen molar-refractivity contribution < 1.29 is 19.7 Å². The lowest BCUT2D eigenvalue weighted by atomic mass is 9.86. The number of hydrogen-bond donors (Lipinski definition) is 3. The maximum absolute atomic E-state index is 11.4. The van der Waals surface area contributed by atoms with Crippen LogP contribution in [0.3, 0.4) is 0 Å². The van der Waals surface area contributed by atoms with Crippen molar-refractivity contribution in [2.75, 3.05) is 20.2 Å². The number of rotatable bonds is 6. The topological polar surface area (TPSA) is 78.8 Å². The van der Waals surface area contributed by atoms with Crippen molar-refractivity contribution in [2.24, 2.45) is 0 Å². The minimum absolute atomic E-state index is 0.0596. The Morgan fingerprint density at radius 2 is 1.42 bits per heavy atom. The normalized spacial score (nSPS) is 11.0. The number of aryl methyl sites for hydroxylation is 4. The molecule has 0 aliphatic rings. The standard InChI is InChI=1S/C21H27NO4/c1-12-6-14(3)20(24)16(8-12)18(10-22-11-19(23)26-5)17-9-13(2)7-15(4)21(17)25/h6-9,18,22,24-25H,10-11H2,1-5H3. The smallest absolute Gasteiger partial charge is 0.319 e. The first-order valence-corrected chi connectivity index (χ1v) is 8.62. The molecule has 26 heavy (non-hydrogen) atoms. The van der Waals surface area contributed by atoms with Gasteiger partial charge in [-0.1, -0.05) is 35.4 Å². The van der Waals surface area contributed by atoms with Crippen molar-refractivity contribution in [3.05, 3.63) is 57.6 Å². The number of carbonyl (C=O) groups excluding carboxylic acids is 1. The Morgan fingerprint density at radius 1 is 0.962 bits per heavy atom. The first-order valence-electron chi connectivity index (χ1n) is 8.62. The molecule has 0 saturated carbocycles. The van der Waals surface area contributed by atoms with E-state index in [1.165, 1.54) is 7.11 Å². The number of hydrogen-bond acceptors (Lipinski definition) is 5. The molecule has 0 atom stereocenters. The molecule has 0 unspecified atom stereocenters. The number of phenolic OH excluding ortho intramolecular Hbond substituents is 2. The van der Waals surface area contributed by atoms with Gasteiger partial charge >= 0.3 is 5.97 Å². The highest BCUT2D eigenvalue weighted by molar-refractivity contribution is 5.71. The second-order valence-corrected chi connectivity index (χ2v) is 6.80. The molecule has 0 bridgehead atoms. The Morgan fingerprint density at radius 3 is 1.85 bits per heavy atom. The van der Waals surface area contributed by atoms with Crippen LogP contribution in [0.1, 0.15) is 39.3 Å². The summed E-state index contributed by atoms with van der Waals surface area (Å²) >= 11 is 0. The van der Waals surface area contributed by atoms with Gasteiger partial charge in [-0.15, -0.1) is 0 Å². The molecule has 3 N–H and O–H groups in total. The van der Waals surface area contributed by atoms with Gasteiger partial charge in [0, 0.05) is 23.6 Å². The number of carbonyl (C=O) groups is 1. The van der Waals surface area contributed by atoms with Gasteiger partial charge in [0.1, 0.15) is 11.5 Å².